The molecule has 2 aliphatic rings. The lowest BCUT2D eigenvalue weighted by Gasteiger charge is -2.38. The molecule has 3 heterocycles. The molecule has 2 aliphatic heterocycles. The van der Waals surface area contributed by atoms with Crippen LogP contribution in [0.15, 0.2) is 18.3 Å². The van der Waals surface area contributed by atoms with E-state index in [1.807, 2.05) is 9.80 Å². The summed E-state index contributed by atoms with van der Waals surface area (Å²) >= 11 is 0. The fourth-order valence-corrected chi connectivity index (χ4v) is 3.55. The summed E-state index contributed by atoms with van der Waals surface area (Å²) in [5.41, 5.74) is -0.244. The van der Waals surface area contributed by atoms with Crippen LogP contribution in [0.3, 0.4) is 0 Å². The van der Waals surface area contributed by atoms with E-state index in [0.717, 1.165) is 19.0 Å². The number of aliphatic hydroxyl groups is 3. The van der Waals surface area contributed by atoms with E-state index in [-0.39, 0.29) is 5.92 Å². The van der Waals surface area contributed by atoms with Gasteiger partial charge in [-0.15, -0.1) is 0 Å². The maximum atomic E-state index is 12.6. The fraction of sp³-hybridized carbons (Fsp3) is 0.688. The molecule has 0 bridgehead atoms. The van der Waals surface area contributed by atoms with Gasteiger partial charge in [-0.1, -0.05) is 0 Å². The Bertz CT molecular complexity index is 572. The SMILES string of the molecule is OC1CN(C[C@@H]2CCN(c3ccc(C(F)(F)F)nc3)C2)CC(O)C1O. The van der Waals surface area contributed by atoms with Gasteiger partial charge < -0.3 is 20.2 Å². The van der Waals surface area contributed by atoms with Crippen LogP contribution in [-0.2, 0) is 6.18 Å². The van der Waals surface area contributed by atoms with Gasteiger partial charge in [-0.3, -0.25) is 4.90 Å². The van der Waals surface area contributed by atoms with E-state index in [1.54, 1.807) is 0 Å². The Morgan fingerprint density at radius 3 is 2.32 bits per heavy atom. The van der Waals surface area contributed by atoms with Gasteiger partial charge in [-0.05, 0) is 24.5 Å². The second-order valence-electron chi connectivity index (χ2n) is 6.84. The van der Waals surface area contributed by atoms with Gasteiger partial charge in [0, 0.05) is 32.7 Å². The van der Waals surface area contributed by atoms with Crippen molar-refractivity contribution < 1.29 is 28.5 Å². The van der Waals surface area contributed by atoms with Crippen molar-refractivity contribution in [1.29, 1.82) is 0 Å². The summed E-state index contributed by atoms with van der Waals surface area (Å²) in [6.45, 7) is 2.66. The van der Waals surface area contributed by atoms with E-state index in [2.05, 4.69) is 4.98 Å². The van der Waals surface area contributed by atoms with E-state index < -0.39 is 30.2 Å². The van der Waals surface area contributed by atoms with Gasteiger partial charge in [0.1, 0.15) is 11.8 Å². The summed E-state index contributed by atoms with van der Waals surface area (Å²) in [5, 5.41) is 29.1. The first-order chi connectivity index (χ1) is 11.7. The summed E-state index contributed by atoms with van der Waals surface area (Å²) in [7, 11) is 0. The number of alkyl halides is 3. The minimum atomic E-state index is -4.44. The van der Waals surface area contributed by atoms with Crippen molar-refractivity contribution >= 4 is 5.69 Å². The van der Waals surface area contributed by atoms with Crippen molar-refractivity contribution in [1.82, 2.24) is 9.88 Å². The molecule has 1 aromatic rings. The van der Waals surface area contributed by atoms with E-state index in [9.17, 15) is 28.5 Å². The summed E-state index contributed by atoms with van der Waals surface area (Å²) in [6.07, 6.45) is -5.38. The van der Waals surface area contributed by atoms with Crippen LogP contribution in [0.25, 0.3) is 0 Å². The molecule has 3 atom stereocenters. The van der Waals surface area contributed by atoms with Crippen molar-refractivity contribution in [3.05, 3.63) is 24.0 Å². The fourth-order valence-electron chi connectivity index (χ4n) is 3.55. The third-order valence-electron chi connectivity index (χ3n) is 4.88. The monoisotopic (exact) mass is 361 g/mol. The Hall–Kier alpha value is -1.42. The van der Waals surface area contributed by atoms with Gasteiger partial charge in [0.2, 0.25) is 0 Å². The molecule has 2 unspecified atom stereocenters. The number of β-amino-alcohol motifs (C(OH)–C–C–N with tert-alkyl or cyclic N) is 2. The second-order valence-corrected chi connectivity index (χ2v) is 6.84. The topological polar surface area (TPSA) is 80.1 Å². The van der Waals surface area contributed by atoms with Gasteiger partial charge in [0.15, 0.2) is 0 Å². The number of hydrogen-bond acceptors (Lipinski definition) is 6. The lowest BCUT2D eigenvalue weighted by atomic mass is 10.00. The molecular weight excluding hydrogens is 339 g/mol. The maximum absolute atomic E-state index is 12.6. The molecule has 2 saturated heterocycles. The highest BCUT2D eigenvalue weighted by Gasteiger charge is 2.36. The number of hydrogen-bond donors (Lipinski definition) is 3. The van der Waals surface area contributed by atoms with Gasteiger partial charge in [-0.2, -0.15) is 13.2 Å². The average Bonchev–Trinajstić information content (AvgIpc) is 3.00. The van der Waals surface area contributed by atoms with Gasteiger partial charge >= 0.3 is 6.18 Å². The summed E-state index contributed by atoms with van der Waals surface area (Å²) < 4.78 is 37.7. The molecule has 140 valence electrons. The number of piperidine rings is 1. The van der Waals surface area contributed by atoms with Crippen LogP contribution in [0, 0.1) is 5.92 Å². The number of anilines is 1. The Kier molecular flexibility index (Phi) is 5.19. The largest absolute Gasteiger partial charge is 0.433 e. The van der Waals surface area contributed by atoms with Crippen molar-refractivity contribution in [2.45, 2.75) is 30.9 Å². The minimum absolute atomic E-state index is 0.275. The van der Waals surface area contributed by atoms with Crippen LogP contribution in [0.1, 0.15) is 12.1 Å². The molecule has 6 nitrogen and oxygen atoms in total. The molecule has 25 heavy (non-hydrogen) atoms. The van der Waals surface area contributed by atoms with E-state index in [0.29, 0.717) is 31.9 Å². The number of nitrogens with zero attached hydrogens (tertiary/aromatic N) is 3. The first-order valence-electron chi connectivity index (χ1n) is 8.29. The Morgan fingerprint density at radius 1 is 1.08 bits per heavy atom. The van der Waals surface area contributed by atoms with Gasteiger partial charge in [0.25, 0.3) is 0 Å². The molecule has 2 fully saturated rings. The number of aromatic nitrogens is 1. The highest BCUT2D eigenvalue weighted by molar-refractivity contribution is 5.45. The third kappa shape index (κ3) is 4.22. The van der Waals surface area contributed by atoms with Crippen molar-refractivity contribution in [2.24, 2.45) is 5.92 Å². The second kappa shape index (κ2) is 7.06. The zero-order chi connectivity index (χ0) is 18.2. The number of halogens is 3. The molecule has 3 rings (SSSR count). The smallest absolute Gasteiger partial charge is 0.389 e. The molecular formula is C16H22F3N3O3. The molecule has 3 N–H and O–H groups in total. The quantitative estimate of drug-likeness (QED) is 0.720. The van der Waals surface area contributed by atoms with E-state index in [1.165, 1.54) is 12.3 Å². The number of rotatable bonds is 3. The third-order valence-corrected chi connectivity index (χ3v) is 4.88. The zero-order valence-corrected chi connectivity index (χ0v) is 13.6. The lowest BCUT2D eigenvalue weighted by Crippen LogP contribution is -2.56. The predicted molar refractivity (Wildman–Crippen MR) is 84.0 cm³/mol. The summed E-state index contributed by atoms with van der Waals surface area (Å²) in [6, 6.07) is 2.42. The zero-order valence-electron chi connectivity index (χ0n) is 13.6. The van der Waals surface area contributed by atoms with Crippen molar-refractivity contribution in [3.63, 3.8) is 0 Å². The molecule has 9 heteroatoms. The highest BCUT2D eigenvalue weighted by Crippen LogP contribution is 2.30. The van der Waals surface area contributed by atoms with Crippen molar-refractivity contribution in [3.8, 4) is 0 Å². The van der Waals surface area contributed by atoms with Crippen LogP contribution in [0.4, 0.5) is 18.9 Å². The standard InChI is InChI=1S/C16H22F3N3O3/c17-16(18,19)14-2-1-11(5-20-14)22-4-3-10(7-22)6-21-8-12(23)15(25)13(24)9-21/h1-2,5,10,12-13,15,23-25H,3-4,6-9H2/t10-,12?,13?,15?/m0/s1. The summed E-state index contributed by atoms with van der Waals surface area (Å²) in [5.74, 6) is 0.275. The normalized spacial score (nSPS) is 31.5. The van der Waals surface area contributed by atoms with Crippen LogP contribution in [0.2, 0.25) is 0 Å². The number of aliphatic hydroxyl groups excluding tert-OH is 3. The molecule has 0 spiro atoms. The van der Waals surface area contributed by atoms with Crippen molar-refractivity contribution in [2.75, 3.05) is 37.6 Å². The molecule has 0 radical (unpaired) electrons. The molecule has 0 amide bonds. The van der Waals surface area contributed by atoms with Crippen LogP contribution >= 0.6 is 0 Å². The Morgan fingerprint density at radius 2 is 1.76 bits per heavy atom. The van der Waals surface area contributed by atoms with Crippen LogP contribution in [0.5, 0.6) is 0 Å². The average molecular weight is 361 g/mol. The first-order valence-corrected chi connectivity index (χ1v) is 8.29. The molecule has 0 aliphatic carbocycles. The molecule has 0 aromatic carbocycles. The maximum Gasteiger partial charge on any atom is 0.433 e. The minimum Gasteiger partial charge on any atom is -0.389 e. The van der Waals surface area contributed by atoms with Crippen LogP contribution in [-0.4, -0.2) is 76.2 Å². The number of likely N-dealkylation sites (tertiary alicyclic amines) is 1. The van der Waals surface area contributed by atoms with E-state index in [4.69, 9.17) is 0 Å². The van der Waals surface area contributed by atoms with Crippen LogP contribution < -0.4 is 4.90 Å². The Balaban J connectivity index is 1.55. The van der Waals surface area contributed by atoms with Gasteiger partial charge in [0.05, 0.1) is 24.1 Å². The Labute approximate surface area is 143 Å². The predicted octanol–water partition coefficient (Wildman–Crippen LogP) is 0.325. The summed E-state index contributed by atoms with van der Waals surface area (Å²) in [4.78, 5) is 7.40. The highest BCUT2D eigenvalue weighted by atomic mass is 19.4. The lowest BCUT2D eigenvalue weighted by molar-refractivity contribution is -0.141. The van der Waals surface area contributed by atoms with E-state index >= 15 is 0 Å². The number of pyridine rings is 1. The first kappa shape index (κ1) is 18.4. The molecule has 1 aromatic heterocycles. The van der Waals surface area contributed by atoms with Gasteiger partial charge in [-0.25, -0.2) is 4.98 Å². The molecule has 0 saturated carbocycles.